The van der Waals surface area contributed by atoms with Gasteiger partial charge in [0.05, 0.1) is 6.42 Å². The monoisotopic (exact) mass is 496 g/mol. The molecule has 0 unspecified atom stereocenters. The summed E-state index contributed by atoms with van der Waals surface area (Å²) in [6.45, 7) is 4.91. The van der Waals surface area contributed by atoms with Crippen LogP contribution in [0.25, 0.3) is 0 Å². The fourth-order valence-corrected chi connectivity index (χ4v) is 4.03. The summed E-state index contributed by atoms with van der Waals surface area (Å²) >= 11 is 12.2. The number of halogens is 2. The van der Waals surface area contributed by atoms with Gasteiger partial charge in [-0.1, -0.05) is 91.6 Å². The second kappa shape index (κ2) is 12.6. The third kappa shape index (κ3) is 7.89. The number of hydrogen-bond donors (Lipinski definition) is 1. The highest BCUT2D eigenvalue weighted by Gasteiger charge is 2.30. The SMILES string of the molecule is CC(C)CNC(=O)[C@@H](Cc1ccccc1)N(Cc1cccc(Cl)c1)C(=O)Cc1ccc(Cl)cc1. The van der Waals surface area contributed by atoms with Crippen LogP contribution < -0.4 is 5.32 Å². The van der Waals surface area contributed by atoms with Gasteiger partial charge in [0.1, 0.15) is 6.04 Å². The molecule has 1 atom stereocenters. The van der Waals surface area contributed by atoms with Crippen molar-refractivity contribution in [2.24, 2.45) is 5.92 Å². The molecule has 0 aromatic heterocycles. The minimum absolute atomic E-state index is 0.136. The molecule has 0 fully saturated rings. The minimum atomic E-state index is -0.667. The standard InChI is InChI=1S/C28H30Cl2N2O2/c1-20(2)18-31-28(34)26(16-21-7-4-3-5-8-21)32(19-23-9-6-10-25(30)15-23)27(33)17-22-11-13-24(29)14-12-22/h3-15,20,26H,16-19H2,1-2H3,(H,31,34)/t26-/m1/s1. The number of carbonyl (C=O) groups excluding carboxylic acids is 2. The van der Waals surface area contributed by atoms with Crippen molar-refractivity contribution in [3.8, 4) is 0 Å². The maximum Gasteiger partial charge on any atom is 0.243 e. The molecule has 34 heavy (non-hydrogen) atoms. The molecule has 0 heterocycles. The number of benzene rings is 3. The smallest absolute Gasteiger partial charge is 0.243 e. The van der Waals surface area contributed by atoms with Crippen molar-refractivity contribution in [3.63, 3.8) is 0 Å². The van der Waals surface area contributed by atoms with Crippen LogP contribution in [0, 0.1) is 5.92 Å². The van der Waals surface area contributed by atoms with Gasteiger partial charge in [-0.25, -0.2) is 0 Å². The third-order valence-corrected chi connectivity index (χ3v) is 5.95. The summed E-state index contributed by atoms with van der Waals surface area (Å²) in [7, 11) is 0. The molecule has 0 aliphatic carbocycles. The first kappa shape index (κ1) is 25.8. The first-order valence-electron chi connectivity index (χ1n) is 11.4. The molecule has 2 amide bonds. The van der Waals surface area contributed by atoms with E-state index in [1.807, 2.05) is 74.5 Å². The van der Waals surface area contributed by atoms with Crippen LogP contribution in [0.2, 0.25) is 10.0 Å². The van der Waals surface area contributed by atoms with Gasteiger partial charge in [0.2, 0.25) is 11.8 Å². The van der Waals surface area contributed by atoms with E-state index in [4.69, 9.17) is 23.2 Å². The summed E-state index contributed by atoms with van der Waals surface area (Å²) in [5, 5.41) is 4.23. The Balaban J connectivity index is 1.94. The van der Waals surface area contributed by atoms with E-state index in [-0.39, 0.29) is 24.8 Å². The Labute approximate surface area is 211 Å². The lowest BCUT2D eigenvalue weighted by Crippen LogP contribution is -2.51. The molecule has 0 radical (unpaired) electrons. The summed E-state index contributed by atoms with van der Waals surface area (Å²) in [5.41, 5.74) is 2.70. The molecule has 0 spiro atoms. The number of hydrogen-bond acceptors (Lipinski definition) is 2. The summed E-state index contributed by atoms with van der Waals surface area (Å²) < 4.78 is 0. The number of amides is 2. The highest BCUT2D eigenvalue weighted by molar-refractivity contribution is 6.30. The Bertz CT molecular complexity index is 1090. The molecule has 6 heteroatoms. The van der Waals surface area contributed by atoms with Gasteiger partial charge in [0.15, 0.2) is 0 Å². The van der Waals surface area contributed by atoms with Crippen LogP contribution in [0.4, 0.5) is 0 Å². The van der Waals surface area contributed by atoms with Gasteiger partial charge in [0.25, 0.3) is 0 Å². The number of carbonyl (C=O) groups is 2. The lowest BCUT2D eigenvalue weighted by atomic mass is 10.0. The van der Waals surface area contributed by atoms with Crippen molar-refractivity contribution in [2.75, 3.05) is 6.54 Å². The first-order chi connectivity index (χ1) is 16.3. The van der Waals surface area contributed by atoms with Crippen LogP contribution in [-0.4, -0.2) is 29.3 Å². The molecule has 3 rings (SSSR count). The average Bonchev–Trinajstić information content (AvgIpc) is 2.82. The van der Waals surface area contributed by atoms with Gasteiger partial charge < -0.3 is 10.2 Å². The van der Waals surface area contributed by atoms with E-state index < -0.39 is 6.04 Å². The second-order valence-corrected chi connectivity index (χ2v) is 9.67. The second-order valence-electron chi connectivity index (χ2n) is 8.80. The Morgan fingerprint density at radius 3 is 2.15 bits per heavy atom. The average molecular weight is 497 g/mol. The van der Waals surface area contributed by atoms with Gasteiger partial charge in [-0.05, 0) is 46.9 Å². The molecular formula is C28H30Cl2N2O2. The normalized spacial score (nSPS) is 11.8. The first-order valence-corrected chi connectivity index (χ1v) is 12.2. The molecule has 4 nitrogen and oxygen atoms in total. The Morgan fingerprint density at radius 1 is 0.824 bits per heavy atom. The quantitative estimate of drug-likeness (QED) is 0.377. The van der Waals surface area contributed by atoms with Crippen molar-refractivity contribution >= 4 is 35.0 Å². The zero-order chi connectivity index (χ0) is 24.5. The van der Waals surface area contributed by atoms with Crippen molar-refractivity contribution in [3.05, 3.63) is 106 Å². The number of nitrogens with one attached hydrogen (secondary N) is 1. The fourth-order valence-electron chi connectivity index (χ4n) is 3.69. The largest absolute Gasteiger partial charge is 0.354 e. The van der Waals surface area contributed by atoms with Crippen LogP contribution >= 0.6 is 23.2 Å². The molecule has 0 bridgehead atoms. The lowest BCUT2D eigenvalue weighted by molar-refractivity contribution is -0.140. The van der Waals surface area contributed by atoms with E-state index in [1.165, 1.54) is 0 Å². The summed E-state index contributed by atoms with van der Waals surface area (Å²) in [6.07, 6.45) is 0.582. The van der Waals surface area contributed by atoms with E-state index in [0.29, 0.717) is 28.9 Å². The van der Waals surface area contributed by atoms with Gasteiger partial charge >= 0.3 is 0 Å². The molecule has 178 valence electrons. The van der Waals surface area contributed by atoms with Crippen molar-refractivity contribution in [1.82, 2.24) is 10.2 Å². The highest BCUT2D eigenvalue weighted by Crippen LogP contribution is 2.19. The topological polar surface area (TPSA) is 49.4 Å². The molecule has 0 aliphatic rings. The number of rotatable bonds is 10. The van der Waals surface area contributed by atoms with Crippen molar-refractivity contribution < 1.29 is 9.59 Å². The van der Waals surface area contributed by atoms with Crippen LogP contribution in [-0.2, 0) is 29.0 Å². The maximum atomic E-state index is 13.6. The van der Waals surface area contributed by atoms with Gasteiger partial charge in [-0.15, -0.1) is 0 Å². The van der Waals surface area contributed by atoms with Gasteiger partial charge in [-0.2, -0.15) is 0 Å². The third-order valence-electron chi connectivity index (χ3n) is 5.47. The van der Waals surface area contributed by atoms with Crippen molar-refractivity contribution in [2.45, 2.75) is 39.3 Å². The van der Waals surface area contributed by atoms with Crippen LogP contribution in [0.1, 0.15) is 30.5 Å². The molecule has 0 saturated carbocycles. The predicted molar refractivity (Wildman–Crippen MR) is 139 cm³/mol. The number of nitrogens with zero attached hydrogens (tertiary/aromatic N) is 1. The van der Waals surface area contributed by atoms with Crippen molar-refractivity contribution in [1.29, 1.82) is 0 Å². The van der Waals surface area contributed by atoms with E-state index in [0.717, 1.165) is 16.7 Å². The van der Waals surface area contributed by atoms with Crippen LogP contribution in [0.5, 0.6) is 0 Å². The van der Waals surface area contributed by atoms with E-state index in [1.54, 1.807) is 23.1 Å². The Hall–Kier alpha value is -2.82. The Kier molecular flexibility index (Phi) is 9.55. The fraction of sp³-hybridized carbons (Fsp3) is 0.286. The molecule has 0 aliphatic heterocycles. The zero-order valence-corrected chi connectivity index (χ0v) is 21.0. The van der Waals surface area contributed by atoms with Gasteiger partial charge in [0, 0.05) is 29.6 Å². The van der Waals surface area contributed by atoms with E-state index in [2.05, 4.69) is 5.32 Å². The maximum absolute atomic E-state index is 13.6. The Morgan fingerprint density at radius 2 is 1.50 bits per heavy atom. The molecule has 3 aromatic carbocycles. The van der Waals surface area contributed by atoms with Crippen LogP contribution in [0.15, 0.2) is 78.9 Å². The molecule has 0 saturated heterocycles. The molecular weight excluding hydrogens is 467 g/mol. The van der Waals surface area contributed by atoms with E-state index >= 15 is 0 Å². The summed E-state index contributed by atoms with van der Waals surface area (Å²) in [6, 6.07) is 23.7. The highest BCUT2D eigenvalue weighted by atomic mass is 35.5. The molecule has 1 N–H and O–H groups in total. The minimum Gasteiger partial charge on any atom is -0.354 e. The van der Waals surface area contributed by atoms with E-state index in [9.17, 15) is 9.59 Å². The summed E-state index contributed by atoms with van der Waals surface area (Å²) in [4.78, 5) is 28.7. The zero-order valence-electron chi connectivity index (χ0n) is 19.5. The lowest BCUT2D eigenvalue weighted by Gasteiger charge is -2.32. The van der Waals surface area contributed by atoms with Gasteiger partial charge in [-0.3, -0.25) is 9.59 Å². The predicted octanol–water partition coefficient (Wildman–Crippen LogP) is 5.95. The van der Waals surface area contributed by atoms with Crippen LogP contribution in [0.3, 0.4) is 0 Å². The summed E-state index contributed by atoms with van der Waals surface area (Å²) in [5.74, 6) is -0.000521. The molecule has 3 aromatic rings.